The van der Waals surface area contributed by atoms with Crippen molar-refractivity contribution in [2.45, 2.75) is 58.4 Å². The van der Waals surface area contributed by atoms with Crippen molar-refractivity contribution in [2.75, 3.05) is 23.8 Å². The third-order valence-corrected chi connectivity index (χ3v) is 4.53. The fraction of sp³-hybridized carbons (Fsp3) is 0.750. The molecule has 1 saturated carbocycles. The average Bonchev–Trinajstić information content (AvgIpc) is 2.53. The Morgan fingerprint density at radius 2 is 2.00 bits per heavy atom. The second-order valence-corrected chi connectivity index (χ2v) is 5.99. The smallest absolute Gasteiger partial charge is 0.224 e. The van der Waals surface area contributed by atoms with Gasteiger partial charge in [0.25, 0.3) is 0 Å². The van der Waals surface area contributed by atoms with Gasteiger partial charge in [0.05, 0.1) is 6.20 Å². The molecule has 1 heterocycles. The van der Waals surface area contributed by atoms with Crippen molar-refractivity contribution in [2.24, 2.45) is 5.92 Å². The maximum absolute atomic E-state index is 14.0. The highest BCUT2D eigenvalue weighted by Crippen LogP contribution is 2.31. The highest BCUT2D eigenvalue weighted by Gasteiger charge is 2.25. The maximum Gasteiger partial charge on any atom is 0.224 e. The van der Waals surface area contributed by atoms with Crippen LogP contribution in [0.1, 0.15) is 52.4 Å². The molecule has 1 fully saturated rings. The predicted molar refractivity (Wildman–Crippen MR) is 85.2 cm³/mol. The zero-order valence-corrected chi connectivity index (χ0v) is 13.4. The van der Waals surface area contributed by atoms with E-state index < -0.39 is 0 Å². The minimum atomic E-state index is -0.336. The van der Waals surface area contributed by atoms with Gasteiger partial charge >= 0.3 is 0 Å². The lowest BCUT2D eigenvalue weighted by Gasteiger charge is -2.35. The molecule has 0 radical (unpaired) electrons. The largest absolute Gasteiger partial charge is 0.354 e. The Morgan fingerprint density at radius 1 is 1.29 bits per heavy atom. The first kappa shape index (κ1) is 16.0. The number of rotatable bonds is 6. The van der Waals surface area contributed by atoms with E-state index in [0.717, 1.165) is 31.7 Å². The molecule has 21 heavy (non-hydrogen) atoms. The molecule has 118 valence electrons. The van der Waals surface area contributed by atoms with Gasteiger partial charge in [-0.15, -0.1) is 0 Å². The van der Waals surface area contributed by atoms with Crippen molar-refractivity contribution < 1.29 is 4.39 Å². The van der Waals surface area contributed by atoms with E-state index >= 15 is 0 Å². The van der Waals surface area contributed by atoms with Gasteiger partial charge in [0.15, 0.2) is 11.6 Å². The summed E-state index contributed by atoms with van der Waals surface area (Å²) < 4.78 is 14.0. The van der Waals surface area contributed by atoms with Crippen LogP contribution in [0.5, 0.6) is 0 Å². The Bertz CT molecular complexity index is 444. The van der Waals surface area contributed by atoms with Crippen LogP contribution in [-0.2, 0) is 0 Å². The molecule has 1 aromatic heterocycles. The standard InChI is InChI=1S/C16H27FN4/c1-4-10-18-16-19-11-14(17)15(20-16)21(3)13-8-6-12(5-2)7-9-13/h11-13H,4-10H2,1-3H3,(H,18,19,20). The summed E-state index contributed by atoms with van der Waals surface area (Å²) in [6, 6.07) is 0.385. The third kappa shape index (κ3) is 4.05. The second-order valence-electron chi connectivity index (χ2n) is 5.99. The zero-order chi connectivity index (χ0) is 15.2. The molecule has 1 aromatic rings. The minimum Gasteiger partial charge on any atom is -0.354 e. The van der Waals surface area contributed by atoms with E-state index in [9.17, 15) is 4.39 Å². The van der Waals surface area contributed by atoms with Gasteiger partial charge in [0.1, 0.15) is 0 Å². The van der Waals surface area contributed by atoms with Crippen LogP contribution in [0.15, 0.2) is 6.20 Å². The molecule has 0 aliphatic heterocycles. The lowest BCUT2D eigenvalue weighted by Crippen LogP contribution is -2.36. The molecule has 4 nitrogen and oxygen atoms in total. The van der Waals surface area contributed by atoms with E-state index in [0.29, 0.717) is 17.8 Å². The van der Waals surface area contributed by atoms with Crippen molar-refractivity contribution >= 4 is 11.8 Å². The first-order valence-electron chi connectivity index (χ1n) is 8.14. The molecule has 5 heteroatoms. The van der Waals surface area contributed by atoms with Gasteiger partial charge in [0, 0.05) is 19.6 Å². The van der Waals surface area contributed by atoms with Crippen molar-refractivity contribution in [3.63, 3.8) is 0 Å². The van der Waals surface area contributed by atoms with Gasteiger partial charge in [-0.2, -0.15) is 4.98 Å². The first-order valence-corrected chi connectivity index (χ1v) is 8.14. The molecule has 0 atom stereocenters. The molecule has 1 aliphatic carbocycles. The van der Waals surface area contributed by atoms with Crippen molar-refractivity contribution in [3.8, 4) is 0 Å². The summed E-state index contributed by atoms with van der Waals surface area (Å²) in [5, 5.41) is 3.12. The zero-order valence-electron chi connectivity index (χ0n) is 13.4. The van der Waals surface area contributed by atoms with Crippen LogP contribution >= 0.6 is 0 Å². The topological polar surface area (TPSA) is 41.1 Å². The number of anilines is 2. The fourth-order valence-electron chi connectivity index (χ4n) is 3.04. The summed E-state index contributed by atoms with van der Waals surface area (Å²) in [5.74, 6) is 1.44. The van der Waals surface area contributed by atoms with Gasteiger partial charge in [-0.05, 0) is 38.0 Å². The molecular weight excluding hydrogens is 267 g/mol. The Balaban J connectivity index is 2.05. The van der Waals surface area contributed by atoms with E-state index in [1.807, 2.05) is 11.9 Å². The normalized spacial score (nSPS) is 22.1. The fourth-order valence-corrected chi connectivity index (χ4v) is 3.04. The SMILES string of the molecule is CCCNc1ncc(F)c(N(C)C2CCC(CC)CC2)n1. The van der Waals surface area contributed by atoms with Crippen LogP contribution in [0.3, 0.4) is 0 Å². The van der Waals surface area contributed by atoms with Crippen LogP contribution in [0.25, 0.3) is 0 Å². The van der Waals surface area contributed by atoms with Crippen LogP contribution in [0.4, 0.5) is 16.2 Å². The summed E-state index contributed by atoms with van der Waals surface area (Å²) in [6.45, 7) is 5.14. The molecule has 0 aromatic carbocycles. The van der Waals surface area contributed by atoms with Gasteiger partial charge in [-0.25, -0.2) is 9.37 Å². The number of hydrogen-bond acceptors (Lipinski definition) is 4. The van der Waals surface area contributed by atoms with Crippen molar-refractivity contribution in [3.05, 3.63) is 12.0 Å². The molecule has 1 N–H and O–H groups in total. The van der Waals surface area contributed by atoms with Crippen LogP contribution in [0.2, 0.25) is 0 Å². The molecule has 0 unspecified atom stereocenters. The maximum atomic E-state index is 14.0. The van der Waals surface area contributed by atoms with Gasteiger partial charge in [-0.1, -0.05) is 20.3 Å². The van der Waals surface area contributed by atoms with Crippen LogP contribution in [0, 0.1) is 11.7 Å². The quantitative estimate of drug-likeness (QED) is 0.865. The summed E-state index contributed by atoms with van der Waals surface area (Å²) >= 11 is 0. The van der Waals surface area contributed by atoms with Gasteiger partial charge in [-0.3, -0.25) is 0 Å². The molecule has 0 saturated heterocycles. The van der Waals surface area contributed by atoms with E-state index in [2.05, 4.69) is 29.1 Å². The summed E-state index contributed by atoms with van der Waals surface area (Å²) in [6.07, 6.45) is 8.23. The van der Waals surface area contributed by atoms with Gasteiger partial charge in [0.2, 0.25) is 5.95 Å². The van der Waals surface area contributed by atoms with Crippen molar-refractivity contribution in [1.29, 1.82) is 0 Å². The summed E-state index contributed by atoms with van der Waals surface area (Å²) in [5.41, 5.74) is 0. The minimum absolute atomic E-state index is 0.336. The van der Waals surface area contributed by atoms with Crippen LogP contribution < -0.4 is 10.2 Å². The highest BCUT2D eigenvalue weighted by molar-refractivity contribution is 5.44. The van der Waals surface area contributed by atoms with Crippen LogP contribution in [-0.4, -0.2) is 29.6 Å². The lowest BCUT2D eigenvalue weighted by molar-refractivity contribution is 0.312. The van der Waals surface area contributed by atoms with Gasteiger partial charge < -0.3 is 10.2 Å². The molecule has 0 spiro atoms. The molecular formula is C16H27FN4. The second kappa shape index (κ2) is 7.57. The van der Waals surface area contributed by atoms with E-state index in [1.165, 1.54) is 25.5 Å². The molecule has 2 rings (SSSR count). The average molecular weight is 294 g/mol. The number of nitrogens with zero attached hydrogens (tertiary/aromatic N) is 3. The van der Waals surface area contributed by atoms with E-state index in [1.54, 1.807) is 0 Å². The predicted octanol–water partition coefficient (Wildman–Crippen LogP) is 3.84. The van der Waals surface area contributed by atoms with E-state index in [4.69, 9.17) is 0 Å². The molecule has 1 aliphatic rings. The Kier molecular flexibility index (Phi) is 5.76. The summed E-state index contributed by atoms with van der Waals surface area (Å²) in [4.78, 5) is 10.4. The molecule has 0 bridgehead atoms. The number of halogens is 1. The Hall–Kier alpha value is -1.39. The Labute approximate surface area is 127 Å². The number of nitrogens with one attached hydrogen (secondary N) is 1. The number of aromatic nitrogens is 2. The molecule has 0 amide bonds. The third-order valence-electron chi connectivity index (χ3n) is 4.53. The summed E-state index contributed by atoms with van der Waals surface area (Å²) in [7, 11) is 1.95. The Morgan fingerprint density at radius 3 is 2.62 bits per heavy atom. The highest BCUT2D eigenvalue weighted by atomic mass is 19.1. The monoisotopic (exact) mass is 294 g/mol. The first-order chi connectivity index (χ1) is 10.2. The van der Waals surface area contributed by atoms with E-state index in [-0.39, 0.29) is 5.82 Å². The van der Waals surface area contributed by atoms with Crippen molar-refractivity contribution in [1.82, 2.24) is 9.97 Å². The lowest BCUT2D eigenvalue weighted by atomic mass is 9.84. The number of hydrogen-bond donors (Lipinski definition) is 1.